The van der Waals surface area contributed by atoms with Crippen LogP contribution >= 0.6 is 11.6 Å². The molecule has 1 atom stereocenters. The summed E-state index contributed by atoms with van der Waals surface area (Å²) in [5.41, 5.74) is -1.33. The second kappa shape index (κ2) is 2.46. The van der Waals surface area contributed by atoms with Crippen molar-refractivity contribution in [1.82, 2.24) is 0 Å². The van der Waals surface area contributed by atoms with Gasteiger partial charge in [0.2, 0.25) is 0 Å². The molecule has 0 radical (unpaired) electrons. The average Bonchev–Trinajstić information content (AvgIpc) is 1.67. The lowest BCUT2D eigenvalue weighted by molar-refractivity contribution is -0.127. The van der Waals surface area contributed by atoms with Crippen molar-refractivity contribution < 1.29 is 9.90 Å². The lowest BCUT2D eigenvalue weighted by Gasteiger charge is -2.13. The predicted octanol–water partition coefficient (Wildman–Crippen LogP) is 0.913. The summed E-state index contributed by atoms with van der Waals surface area (Å²) in [5.74, 6) is 0. The molecule has 48 valence electrons. The normalized spacial score (nSPS) is 17.5. The van der Waals surface area contributed by atoms with Gasteiger partial charge in [-0.2, -0.15) is 0 Å². The van der Waals surface area contributed by atoms with Crippen LogP contribution in [0.15, 0.2) is 0 Å². The van der Waals surface area contributed by atoms with E-state index in [0.29, 0.717) is 6.42 Å². The van der Waals surface area contributed by atoms with E-state index in [1.807, 2.05) is 0 Å². The Hall–Kier alpha value is -0.0800. The highest BCUT2D eigenvalue weighted by atomic mass is 35.5. The van der Waals surface area contributed by atoms with E-state index >= 15 is 0 Å². The Balaban J connectivity index is 3.91. The zero-order valence-electron chi connectivity index (χ0n) is 4.94. The molecular weight excluding hydrogens is 128 g/mol. The Bertz CT molecular complexity index is 98.6. The second-order valence-corrected chi connectivity index (χ2v) is 2.24. The van der Waals surface area contributed by atoms with E-state index in [0.717, 1.165) is 0 Å². The number of carbonyl (C=O) groups is 1. The Morgan fingerprint density at radius 1 is 1.88 bits per heavy atom. The van der Waals surface area contributed by atoms with Crippen LogP contribution in [0.5, 0.6) is 0 Å². The number of hydrogen-bond acceptors (Lipinski definition) is 2. The lowest BCUT2D eigenvalue weighted by Crippen LogP contribution is -2.29. The van der Waals surface area contributed by atoms with Gasteiger partial charge in [-0.15, -0.1) is 0 Å². The van der Waals surface area contributed by atoms with Crippen molar-refractivity contribution in [2.75, 3.05) is 0 Å². The summed E-state index contributed by atoms with van der Waals surface area (Å²) < 4.78 is 0. The maximum atomic E-state index is 10.2. The molecule has 0 aliphatic carbocycles. The van der Waals surface area contributed by atoms with Crippen LogP contribution in [0.3, 0.4) is 0 Å². The molecule has 0 spiro atoms. The molecule has 0 amide bonds. The minimum Gasteiger partial charge on any atom is -0.381 e. The summed E-state index contributed by atoms with van der Waals surface area (Å²) in [5, 5.41) is 8.22. The van der Waals surface area contributed by atoms with Crippen LogP contribution in [0.2, 0.25) is 0 Å². The van der Waals surface area contributed by atoms with Gasteiger partial charge < -0.3 is 5.11 Å². The van der Waals surface area contributed by atoms with Crippen molar-refractivity contribution >= 4 is 16.8 Å². The van der Waals surface area contributed by atoms with Crippen LogP contribution in [0.4, 0.5) is 0 Å². The molecule has 0 bridgehead atoms. The first-order chi connectivity index (χ1) is 3.50. The van der Waals surface area contributed by atoms with Gasteiger partial charge in [0.05, 0.1) is 0 Å². The number of halogens is 1. The fraction of sp³-hybridized carbons (Fsp3) is 0.800. The lowest BCUT2D eigenvalue weighted by atomic mass is 10.1. The molecule has 0 heterocycles. The third-order valence-corrected chi connectivity index (χ3v) is 1.52. The molecule has 0 rings (SSSR count). The fourth-order valence-electron chi connectivity index (χ4n) is 0.139. The molecule has 8 heavy (non-hydrogen) atoms. The van der Waals surface area contributed by atoms with Gasteiger partial charge in [0.15, 0.2) is 0 Å². The summed E-state index contributed by atoms with van der Waals surface area (Å²) in [6.07, 6.45) is 0.356. The van der Waals surface area contributed by atoms with Crippen molar-refractivity contribution in [3.05, 3.63) is 0 Å². The number of rotatable bonds is 2. The van der Waals surface area contributed by atoms with Gasteiger partial charge in [-0.1, -0.05) is 6.92 Å². The largest absolute Gasteiger partial charge is 0.381 e. The average molecular weight is 137 g/mol. The first-order valence-corrected chi connectivity index (χ1v) is 2.81. The summed E-state index contributed by atoms with van der Waals surface area (Å²) in [6, 6.07) is 0. The molecule has 0 aliphatic heterocycles. The standard InChI is InChI=1S/C5H9ClO2/c1-3-5(2,8)4(6)7/h8H,3H2,1-2H3. The highest BCUT2D eigenvalue weighted by Gasteiger charge is 2.25. The predicted molar refractivity (Wildman–Crippen MR) is 31.8 cm³/mol. The minimum atomic E-state index is -1.33. The van der Waals surface area contributed by atoms with E-state index < -0.39 is 10.8 Å². The summed E-state index contributed by atoms with van der Waals surface area (Å²) in [4.78, 5) is 10.2. The number of carbonyl (C=O) groups excluding carboxylic acids is 1. The maximum Gasteiger partial charge on any atom is 0.252 e. The zero-order chi connectivity index (χ0) is 6.78. The van der Waals surface area contributed by atoms with Gasteiger partial charge in [0, 0.05) is 0 Å². The number of aliphatic hydroxyl groups is 1. The van der Waals surface area contributed by atoms with Crippen LogP contribution in [0.25, 0.3) is 0 Å². The van der Waals surface area contributed by atoms with Crippen molar-refractivity contribution in [3.8, 4) is 0 Å². The third-order valence-electron chi connectivity index (χ3n) is 1.11. The SMILES string of the molecule is CCC(C)(O)C(=O)Cl. The smallest absolute Gasteiger partial charge is 0.252 e. The van der Waals surface area contributed by atoms with Crippen molar-refractivity contribution in [2.24, 2.45) is 0 Å². The van der Waals surface area contributed by atoms with Gasteiger partial charge in [0.25, 0.3) is 5.24 Å². The molecule has 0 aliphatic rings. The van der Waals surface area contributed by atoms with Crippen molar-refractivity contribution in [3.63, 3.8) is 0 Å². The van der Waals surface area contributed by atoms with Crippen molar-refractivity contribution in [2.45, 2.75) is 25.9 Å². The number of hydrogen-bond donors (Lipinski definition) is 1. The molecule has 0 saturated heterocycles. The van der Waals surface area contributed by atoms with E-state index in [2.05, 4.69) is 0 Å². The summed E-state index contributed by atoms with van der Waals surface area (Å²) in [7, 11) is 0. The molecular formula is C5H9ClO2. The molecule has 0 aromatic carbocycles. The maximum absolute atomic E-state index is 10.2. The van der Waals surface area contributed by atoms with Gasteiger partial charge in [-0.05, 0) is 24.9 Å². The van der Waals surface area contributed by atoms with Gasteiger partial charge in [0.1, 0.15) is 5.60 Å². The summed E-state index contributed by atoms with van der Waals surface area (Å²) >= 11 is 4.98. The molecule has 1 unspecified atom stereocenters. The van der Waals surface area contributed by atoms with E-state index in [9.17, 15) is 4.79 Å². The van der Waals surface area contributed by atoms with Crippen molar-refractivity contribution in [1.29, 1.82) is 0 Å². The topological polar surface area (TPSA) is 37.3 Å². The Morgan fingerprint density at radius 3 is 2.25 bits per heavy atom. The molecule has 1 N–H and O–H groups in total. The minimum absolute atomic E-state index is 0.356. The molecule has 0 fully saturated rings. The third kappa shape index (κ3) is 1.80. The summed E-state index contributed by atoms with van der Waals surface area (Å²) in [6.45, 7) is 3.09. The van der Waals surface area contributed by atoms with Gasteiger partial charge >= 0.3 is 0 Å². The molecule has 3 heteroatoms. The second-order valence-electron chi connectivity index (χ2n) is 1.90. The monoisotopic (exact) mass is 136 g/mol. The fourth-order valence-corrected chi connectivity index (χ4v) is 0.273. The van der Waals surface area contributed by atoms with Crippen LogP contribution in [-0.4, -0.2) is 16.0 Å². The van der Waals surface area contributed by atoms with Gasteiger partial charge in [-0.3, -0.25) is 4.79 Å². The molecule has 0 aromatic rings. The highest BCUT2D eigenvalue weighted by molar-refractivity contribution is 6.65. The van der Waals surface area contributed by atoms with Crippen LogP contribution in [0.1, 0.15) is 20.3 Å². The molecule has 2 nitrogen and oxygen atoms in total. The quantitative estimate of drug-likeness (QED) is 0.573. The zero-order valence-corrected chi connectivity index (χ0v) is 5.70. The first kappa shape index (κ1) is 7.92. The Morgan fingerprint density at radius 2 is 2.25 bits per heavy atom. The van der Waals surface area contributed by atoms with Crippen LogP contribution < -0.4 is 0 Å². The molecule has 0 saturated carbocycles. The highest BCUT2D eigenvalue weighted by Crippen LogP contribution is 2.11. The van der Waals surface area contributed by atoms with E-state index in [1.165, 1.54) is 6.92 Å². The van der Waals surface area contributed by atoms with Crippen LogP contribution in [-0.2, 0) is 4.79 Å². The van der Waals surface area contributed by atoms with E-state index in [-0.39, 0.29) is 0 Å². The molecule has 0 aromatic heterocycles. The van der Waals surface area contributed by atoms with Gasteiger partial charge in [-0.25, -0.2) is 0 Å². The first-order valence-electron chi connectivity index (χ1n) is 2.43. The van der Waals surface area contributed by atoms with E-state index in [1.54, 1.807) is 6.92 Å². The Labute approximate surface area is 53.5 Å². The van der Waals surface area contributed by atoms with E-state index in [4.69, 9.17) is 16.7 Å². The van der Waals surface area contributed by atoms with Crippen LogP contribution in [0, 0.1) is 0 Å². The Kier molecular flexibility index (Phi) is 2.44.